The normalized spacial score (nSPS) is 16.9. The highest BCUT2D eigenvalue weighted by atomic mass is 35.5. The molecule has 0 bridgehead atoms. The second-order valence-electron chi connectivity index (χ2n) is 4.41. The van der Waals surface area contributed by atoms with Crippen LogP contribution >= 0.6 is 12.4 Å². The Morgan fingerprint density at radius 1 is 1.32 bits per heavy atom. The summed E-state index contributed by atoms with van der Waals surface area (Å²) in [5.41, 5.74) is 7.45. The predicted molar refractivity (Wildman–Crippen MR) is 74.8 cm³/mol. The fourth-order valence-electron chi connectivity index (χ4n) is 2.07. The van der Waals surface area contributed by atoms with Gasteiger partial charge in [0.15, 0.2) is 0 Å². The van der Waals surface area contributed by atoms with Crippen molar-refractivity contribution < 1.29 is 9.59 Å². The van der Waals surface area contributed by atoms with Gasteiger partial charge in [0.25, 0.3) is 0 Å². The first-order chi connectivity index (χ1) is 8.66. The number of rotatable bonds is 4. The molecule has 6 heteroatoms. The molecule has 0 saturated carbocycles. The van der Waals surface area contributed by atoms with E-state index in [0.717, 1.165) is 0 Å². The van der Waals surface area contributed by atoms with E-state index in [-0.39, 0.29) is 30.8 Å². The molecule has 1 aliphatic rings. The van der Waals surface area contributed by atoms with Gasteiger partial charge in [-0.1, -0.05) is 24.3 Å². The maximum atomic E-state index is 11.9. The second-order valence-corrected chi connectivity index (χ2v) is 4.41. The molecule has 1 aromatic rings. The molecule has 0 aromatic heterocycles. The molecule has 2 amide bonds. The van der Waals surface area contributed by atoms with Crippen LogP contribution in [0, 0.1) is 0 Å². The number of nitrogens with two attached hydrogens (primary N) is 1. The Morgan fingerprint density at radius 3 is 2.68 bits per heavy atom. The van der Waals surface area contributed by atoms with Gasteiger partial charge in [-0.3, -0.25) is 9.59 Å². The van der Waals surface area contributed by atoms with Gasteiger partial charge in [-0.25, -0.2) is 0 Å². The van der Waals surface area contributed by atoms with Crippen LogP contribution in [0.5, 0.6) is 0 Å². The summed E-state index contributed by atoms with van der Waals surface area (Å²) in [6, 6.07) is 7.84. The Hall–Kier alpha value is -1.59. The van der Waals surface area contributed by atoms with Crippen LogP contribution in [0.25, 0.3) is 0 Å². The Morgan fingerprint density at radius 2 is 2.00 bits per heavy atom. The van der Waals surface area contributed by atoms with Gasteiger partial charge in [-0.2, -0.15) is 0 Å². The minimum absolute atomic E-state index is 0. The zero-order chi connectivity index (χ0) is 13.0. The van der Waals surface area contributed by atoms with E-state index >= 15 is 0 Å². The molecule has 1 unspecified atom stereocenters. The molecule has 1 atom stereocenters. The molecule has 5 nitrogen and oxygen atoms in total. The highest BCUT2D eigenvalue weighted by molar-refractivity contribution is 5.85. The summed E-state index contributed by atoms with van der Waals surface area (Å²) in [6.07, 6.45) is 0.855. The van der Waals surface area contributed by atoms with Crippen LogP contribution in [0.4, 0.5) is 0 Å². The van der Waals surface area contributed by atoms with Crippen LogP contribution in [0.15, 0.2) is 24.3 Å². The standard InChI is InChI=1S/C13H17N3O2.ClH/c14-12(17)5-6-15-13(18)11-7-9-3-1-2-4-10(9)8-16-11;/h1-4,11,16H,5-8H2,(H2,14,17)(H,15,18);1H. The largest absolute Gasteiger partial charge is 0.370 e. The Bertz CT molecular complexity index is 465. The van der Waals surface area contributed by atoms with Crippen LogP contribution in [0.2, 0.25) is 0 Å². The quantitative estimate of drug-likeness (QED) is 0.733. The Labute approximate surface area is 118 Å². The number of benzene rings is 1. The lowest BCUT2D eigenvalue weighted by atomic mass is 9.95. The Balaban J connectivity index is 0.00000180. The van der Waals surface area contributed by atoms with E-state index in [1.165, 1.54) is 11.1 Å². The van der Waals surface area contributed by atoms with E-state index in [2.05, 4.69) is 16.7 Å². The molecule has 0 aliphatic carbocycles. The van der Waals surface area contributed by atoms with Gasteiger partial charge in [0.1, 0.15) is 0 Å². The van der Waals surface area contributed by atoms with Crippen molar-refractivity contribution in [2.75, 3.05) is 6.54 Å². The zero-order valence-electron chi connectivity index (χ0n) is 10.5. The van der Waals surface area contributed by atoms with Crippen LogP contribution in [0.3, 0.4) is 0 Å². The summed E-state index contributed by atoms with van der Waals surface area (Å²) >= 11 is 0. The molecule has 1 aromatic carbocycles. The van der Waals surface area contributed by atoms with Gasteiger partial charge < -0.3 is 16.4 Å². The molecular formula is C13H18ClN3O2. The highest BCUT2D eigenvalue weighted by Crippen LogP contribution is 2.16. The van der Waals surface area contributed by atoms with Gasteiger partial charge >= 0.3 is 0 Å². The lowest BCUT2D eigenvalue weighted by molar-refractivity contribution is -0.123. The first-order valence-corrected chi connectivity index (χ1v) is 6.03. The third-order valence-corrected chi connectivity index (χ3v) is 3.07. The van der Waals surface area contributed by atoms with Gasteiger partial charge in [0, 0.05) is 19.5 Å². The number of halogens is 1. The van der Waals surface area contributed by atoms with E-state index in [0.29, 0.717) is 19.5 Å². The first-order valence-electron chi connectivity index (χ1n) is 6.03. The lowest BCUT2D eigenvalue weighted by Gasteiger charge is -2.25. The molecular weight excluding hydrogens is 266 g/mol. The minimum atomic E-state index is -0.405. The lowest BCUT2D eigenvalue weighted by Crippen LogP contribution is -2.48. The number of amides is 2. The van der Waals surface area contributed by atoms with Gasteiger partial charge in [-0.15, -0.1) is 12.4 Å². The smallest absolute Gasteiger partial charge is 0.237 e. The molecule has 1 heterocycles. The van der Waals surface area contributed by atoms with Crippen molar-refractivity contribution in [1.82, 2.24) is 10.6 Å². The van der Waals surface area contributed by atoms with Crippen molar-refractivity contribution in [3.8, 4) is 0 Å². The van der Waals surface area contributed by atoms with Crippen molar-refractivity contribution in [2.45, 2.75) is 25.4 Å². The van der Waals surface area contributed by atoms with Crippen molar-refractivity contribution in [3.05, 3.63) is 35.4 Å². The number of nitrogens with one attached hydrogen (secondary N) is 2. The van der Waals surface area contributed by atoms with E-state index in [1.807, 2.05) is 18.2 Å². The van der Waals surface area contributed by atoms with Gasteiger partial charge in [0.2, 0.25) is 11.8 Å². The molecule has 19 heavy (non-hydrogen) atoms. The van der Waals surface area contributed by atoms with Crippen molar-refractivity contribution in [2.24, 2.45) is 5.73 Å². The third-order valence-electron chi connectivity index (χ3n) is 3.07. The van der Waals surface area contributed by atoms with Crippen molar-refractivity contribution in [1.29, 1.82) is 0 Å². The molecule has 1 aliphatic heterocycles. The molecule has 104 valence electrons. The number of carbonyl (C=O) groups is 2. The molecule has 0 spiro atoms. The summed E-state index contributed by atoms with van der Waals surface area (Å²) in [6.45, 7) is 0.998. The summed E-state index contributed by atoms with van der Waals surface area (Å²) in [7, 11) is 0. The SMILES string of the molecule is Cl.NC(=O)CCNC(=O)C1Cc2ccccc2CN1. The average molecular weight is 284 g/mol. The fraction of sp³-hybridized carbons (Fsp3) is 0.385. The Kier molecular flexibility index (Phi) is 5.79. The molecule has 4 N–H and O–H groups in total. The molecule has 0 saturated heterocycles. The highest BCUT2D eigenvalue weighted by Gasteiger charge is 2.23. The number of primary amides is 1. The van der Waals surface area contributed by atoms with Crippen molar-refractivity contribution in [3.63, 3.8) is 0 Å². The van der Waals surface area contributed by atoms with E-state index in [9.17, 15) is 9.59 Å². The van der Waals surface area contributed by atoms with Crippen molar-refractivity contribution >= 4 is 24.2 Å². The van der Waals surface area contributed by atoms with Crippen LogP contribution in [-0.4, -0.2) is 24.4 Å². The summed E-state index contributed by atoms with van der Waals surface area (Å²) in [5.74, 6) is -0.483. The summed E-state index contributed by atoms with van der Waals surface area (Å²) in [4.78, 5) is 22.4. The van der Waals surface area contributed by atoms with Crippen LogP contribution < -0.4 is 16.4 Å². The van der Waals surface area contributed by atoms with E-state index in [1.54, 1.807) is 0 Å². The second kappa shape index (κ2) is 7.11. The summed E-state index contributed by atoms with van der Waals surface area (Å²) in [5, 5.41) is 5.90. The molecule has 0 radical (unpaired) electrons. The molecule has 0 fully saturated rings. The topological polar surface area (TPSA) is 84.2 Å². The number of carbonyl (C=O) groups excluding carboxylic acids is 2. The number of hydrogen-bond donors (Lipinski definition) is 3. The van der Waals surface area contributed by atoms with E-state index < -0.39 is 5.91 Å². The van der Waals surface area contributed by atoms with E-state index in [4.69, 9.17) is 5.73 Å². The molecule has 2 rings (SSSR count). The van der Waals surface area contributed by atoms with Gasteiger partial charge in [0.05, 0.1) is 6.04 Å². The number of hydrogen-bond acceptors (Lipinski definition) is 3. The summed E-state index contributed by atoms with van der Waals surface area (Å²) < 4.78 is 0. The van der Waals surface area contributed by atoms with Crippen LogP contribution in [0.1, 0.15) is 17.5 Å². The van der Waals surface area contributed by atoms with Crippen LogP contribution in [-0.2, 0) is 22.6 Å². The fourth-order valence-corrected chi connectivity index (χ4v) is 2.07. The van der Waals surface area contributed by atoms with Gasteiger partial charge in [-0.05, 0) is 17.5 Å². The number of fused-ring (bicyclic) bond motifs is 1. The maximum absolute atomic E-state index is 11.9. The average Bonchev–Trinajstić information content (AvgIpc) is 2.37. The maximum Gasteiger partial charge on any atom is 0.237 e. The predicted octanol–water partition coefficient (Wildman–Crippen LogP) is 0.114. The zero-order valence-corrected chi connectivity index (χ0v) is 11.3. The first kappa shape index (κ1) is 15.5. The third kappa shape index (κ3) is 4.22. The monoisotopic (exact) mass is 283 g/mol. The minimum Gasteiger partial charge on any atom is -0.370 e.